The van der Waals surface area contributed by atoms with Gasteiger partial charge in [-0.15, -0.1) is 0 Å². The predicted octanol–water partition coefficient (Wildman–Crippen LogP) is 6.70. The summed E-state index contributed by atoms with van der Waals surface area (Å²) in [4.78, 5) is 28.5. The molecule has 0 saturated carbocycles. The Balaban J connectivity index is 1.42. The van der Waals surface area contributed by atoms with E-state index in [1.165, 1.54) is 23.7 Å². The molecular weight excluding hydrogens is 593 g/mol. The van der Waals surface area contributed by atoms with Crippen LogP contribution in [0.4, 0.5) is 17.2 Å². The molecule has 0 aliphatic rings. The van der Waals surface area contributed by atoms with Crippen LogP contribution < -0.4 is 15.4 Å². The number of hydrogen-bond acceptors (Lipinski definition) is 8. The number of nitrogens with one attached hydrogen (secondary N) is 3. The number of carbonyl (C=O) groups excluding carboxylic acids is 1. The van der Waals surface area contributed by atoms with Crippen molar-refractivity contribution in [3.8, 4) is 0 Å². The van der Waals surface area contributed by atoms with E-state index in [1.807, 2.05) is 43.3 Å². The van der Waals surface area contributed by atoms with Gasteiger partial charge in [0, 0.05) is 33.3 Å². The molecule has 3 N–H and O–H groups in total. The van der Waals surface area contributed by atoms with Crippen molar-refractivity contribution in [3.63, 3.8) is 0 Å². The fourth-order valence-electron chi connectivity index (χ4n) is 4.47. The highest BCUT2D eigenvalue weighted by Gasteiger charge is 2.15. The number of pyridine rings is 1. The van der Waals surface area contributed by atoms with E-state index in [0.29, 0.717) is 34.9 Å². The second kappa shape index (κ2) is 13.4. The minimum absolute atomic E-state index is 0.177. The van der Waals surface area contributed by atoms with Gasteiger partial charge in [0.1, 0.15) is 12.1 Å². The third-order valence-corrected chi connectivity index (χ3v) is 8.50. The van der Waals surface area contributed by atoms with E-state index in [1.54, 1.807) is 18.2 Å². The average molecular weight is 627 g/mol. The predicted molar refractivity (Wildman–Crippen MR) is 177 cm³/mol. The van der Waals surface area contributed by atoms with Gasteiger partial charge in [0.25, 0.3) is 5.91 Å². The van der Waals surface area contributed by atoms with Crippen molar-refractivity contribution in [1.29, 1.82) is 0 Å². The third-order valence-electron chi connectivity index (χ3n) is 6.81. The highest BCUT2D eigenvalue weighted by molar-refractivity contribution is 7.99. The molecule has 11 heteroatoms. The summed E-state index contributed by atoms with van der Waals surface area (Å²) in [6.45, 7) is 6.72. The van der Waals surface area contributed by atoms with Gasteiger partial charge in [-0.1, -0.05) is 55.4 Å². The second-order valence-corrected chi connectivity index (χ2v) is 13.7. The average Bonchev–Trinajstić information content (AvgIpc) is 2.99. The number of nitrogens with zero attached hydrogens (tertiary/aromatic N) is 3. The molecule has 2 heterocycles. The lowest BCUT2D eigenvalue weighted by atomic mass is 10.1. The summed E-state index contributed by atoms with van der Waals surface area (Å²) >= 11 is 1.48. The smallest absolute Gasteiger partial charge is 0.251 e. The van der Waals surface area contributed by atoms with E-state index in [9.17, 15) is 13.2 Å². The molecule has 0 atom stereocenters. The van der Waals surface area contributed by atoms with Crippen LogP contribution in [0.5, 0.6) is 0 Å². The zero-order valence-electron chi connectivity index (χ0n) is 25.0. The molecule has 3 aromatic carbocycles. The van der Waals surface area contributed by atoms with Gasteiger partial charge in [0.15, 0.2) is 5.65 Å². The summed E-state index contributed by atoms with van der Waals surface area (Å²) in [6.07, 6.45) is 3.32. The molecule has 9 nitrogen and oxygen atoms in total. The number of sulfonamides is 1. The summed E-state index contributed by atoms with van der Waals surface area (Å²) < 4.78 is 25.7. The van der Waals surface area contributed by atoms with Crippen LogP contribution in [0, 0.1) is 6.92 Å². The number of fused-ring (bicyclic) bond motifs is 1. The number of amides is 1. The van der Waals surface area contributed by atoms with Crippen molar-refractivity contribution in [2.24, 2.45) is 0 Å². The molecule has 0 bridgehead atoms. The van der Waals surface area contributed by atoms with Gasteiger partial charge in [-0.25, -0.2) is 23.4 Å². The Morgan fingerprint density at radius 1 is 0.932 bits per heavy atom. The first-order chi connectivity index (χ1) is 21.0. The molecule has 226 valence electrons. The largest absolute Gasteiger partial charge is 0.352 e. The van der Waals surface area contributed by atoms with Crippen LogP contribution in [0.25, 0.3) is 11.0 Å². The molecule has 0 unspecified atom stereocenters. The lowest BCUT2D eigenvalue weighted by Crippen LogP contribution is -2.25. The number of aryl methyl sites for hydroxylation is 1. The van der Waals surface area contributed by atoms with Crippen molar-refractivity contribution >= 4 is 55.9 Å². The monoisotopic (exact) mass is 626 g/mol. The molecule has 5 rings (SSSR count). The quantitative estimate of drug-likeness (QED) is 0.148. The van der Waals surface area contributed by atoms with Crippen LogP contribution in [0.2, 0.25) is 0 Å². The Kier molecular flexibility index (Phi) is 9.46. The zero-order valence-corrected chi connectivity index (χ0v) is 26.6. The van der Waals surface area contributed by atoms with Crippen LogP contribution in [-0.4, -0.2) is 42.1 Å². The van der Waals surface area contributed by atoms with Crippen molar-refractivity contribution in [2.45, 2.75) is 42.9 Å². The number of rotatable bonds is 11. The molecule has 2 aromatic heterocycles. The lowest BCUT2D eigenvalue weighted by molar-refractivity contribution is 0.0954. The fourth-order valence-corrected chi connectivity index (χ4v) is 5.92. The molecular formula is C33H34N6O3S2. The Morgan fingerprint density at radius 3 is 2.39 bits per heavy atom. The van der Waals surface area contributed by atoms with Crippen LogP contribution in [0.3, 0.4) is 0 Å². The summed E-state index contributed by atoms with van der Waals surface area (Å²) in [5, 5.41) is 7.22. The van der Waals surface area contributed by atoms with Gasteiger partial charge in [0.2, 0.25) is 10.0 Å². The van der Waals surface area contributed by atoms with Crippen molar-refractivity contribution < 1.29 is 13.2 Å². The highest BCUT2D eigenvalue weighted by atomic mass is 32.2. The van der Waals surface area contributed by atoms with Crippen molar-refractivity contribution in [2.75, 3.05) is 22.8 Å². The molecule has 0 spiro atoms. The van der Waals surface area contributed by atoms with Crippen LogP contribution in [-0.2, 0) is 16.4 Å². The van der Waals surface area contributed by atoms with Crippen molar-refractivity contribution in [3.05, 3.63) is 108 Å². The lowest BCUT2D eigenvalue weighted by Gasteiger charge is -2.15. The summed E-state index contributed by atoms with van der Waals surface area (Å²) in [6, 6.07) is 24.8. The van der Waals surface area contributed by atoms with Crippen LogP contribution >= 0.6 is 11.8 Å². The van der Waals surface area contributed by atoms with Gasteiger partial charge in [-0.3, -0.25) is 9.52 Å². The topological polar surface area (TPSA) is 126 Å². The highest BCUT2D eigenvalue weighted by Crippen LogP contribution is 2.37. The van der Waals surface area contributed by atoms with E-state index in [-0.39, 0.29) is 11.8 Å². The zero-order chi connectivity index (χ0) is 31.3. The number of benzene rings is 3. The Morgan fingerprint density at radius 2 is 1.68 bits per heavy atom. The summed E-state index contributed by atoms with van der Waals surface area (Å²) in [5.41, 5.74) is 5.56. The van der Waals surface area contributed by atoms with E-state index in [4.69, 9.17) is 4.98 Å². The maximum atomic E-state index is 13.2. The number of carbonyl (C=O) groups is 1. The normalized spacial score (nSPS) is 11.5. The molecule has 1 amide bonds. The molecule has 5 aromatic rings. The Hall–Kier alpha value is -4.48. The minimum atomic E-state index is -3.38. The van der Waals surface area contributed by atoms with E-state index < -0.39 is 10.0 Å². The maximum Gasteiger partial charge on any atom is 0.251 e. The minimum Gasteiger partial charge on any atom is -0.352 e. The summed E-state index contributed by atoms with van der Waals surface area (Å²) in [7, 11) is -3.38. The number of anilines is 3. The number of aromatic nitrogens is 3. The van der Waals surface area contributed by atoms with Gasteiger partial charge >= 0.3 is 0 Å². The van der Waals surface area contributed by atoms with Gasteiger partial charge < -0.3 is 10.6 Å². The molecule has 0 aliphatic heterocycles. The first kappa shape index (κ1) is 31.0. The first-order valence-electron chi connectivity index (χ1n) is 14.2. The fraction of sp³-hybridized carbons (Fsp3) is 0.212. The molecule has 0 fully saturated rings. The van der Waals surface area contributed by atoms with E-state index in [2.05, 4.69) is 63.4 Å². The standard InChI is InChI=1S/C33H34N6O3S2/c1-21(2)28-15-14-27-31(37-28)35-20-36-32(27)38-29-19-24(33(40)34-18-17-23-7-5-22(3)6-8-23)9-16-30(29)43-26-12-10-25(11-13-26)39-44(4,41)42/h5-16,19-21,39H,17-18H2,1-4H3,(H,34,40)(H,35,36,37,38). The molecule has 0 radical (unpaired) electrons. The molecule has 44 heavy (non-hydrogen) atoms. The van der Waals surface area contributed by atoms with E-state index in [0.717, 1.165) is 39.1 Å². The van der Waals surface area contributed by atoms with Crippen LogP contribution in [0.15, 0.2) is 95.0 Å². The van der Waals surface area contributed by atoms with Gasteiger partial charge in [-0.05, 0) is 79.4 Å². The Bertz CT molecular complexity index is 1890. The van der Waals surface area contributed by atoms with Gasteiger partial charge in [0.05, 0.1) is 17.3 Å². The molecule has 0 aliphatic carbocycles. The second-order valence-electron chi connectivity index (χ2n) is 10.8. The first-order valence-corrected chi connectivity index (χ1v) is 16.9. The SMILES string of the molecule is Cc1ccc(CCNC(=O)c2ccc(Sc3ccc(NS(C)(=O)=O)cc3)c(Nc3ncnc4nc(C(C)C)ccc34)c2)cc1. The molecule has 0 saturated heterocycles. The van der Waals surface area contributed by atoms with Crippen LogP contribution in [0.1, 0.15) is 46.9 Å². The summed E-state index contributed by atoms with van der Waals surface area (Å²) in [5.74, 6) is 0.655. The Labute approximate surface area is 262 Å². The third kappa shape index (κ3) is 8.12. The van der Waals surface area contributed by atoms with Crippen molar-refractivity contribution in [1.82, 2.24) is 20.3 Å². The van der Waals surface area contributed by atoms with Gasteiger partial charge in [-0.2, -0.15) is 0 Å². The van der Waals surface area contributed by atoms with E-state index >= 15 is 0 Å². The number of hydrogen-bond donors (Lipinski definition) is 3. The maximum absolute atomic E-state index is 13.2.